The van der Waals surface area contributed by atoms with Gasteiger partial charge in [0.1, 0.15) is 0 Å². The lowest BCUT2D eigenvalue weighted by Crippen LogP contribution is -2.25. The Morgan fingerprint density at radius 1 is 1.30 bits per heavy atom. The van der Waals surface area contributed by atoms with Gasteiger partial charge in [-0.15, -0.1) is 0 Å². The van der Waals surface area contributed by atoms with Crippen molar-refractivity contribution in [3.05, 3.63) is 0 Å². The van der Waals surface area contributed by atoms with Crippen LogP contribution in [-0.2, 0) is 10.0 Å². The summed E-state index contributed by atoms with van der Waals surface area (Å²) < 4.78 is 22.9. The molecule has 0 aliphatic rings. The second kappa shape index (κ2) is 3.83. The van der Waals surface area contributed by atoms with Crippen molar-refractivity contribution in [2.24, 2.45) is 0 Å². The highest BCUT2D eigenvalue weighted by Gasteiger charge is 2.06. The minimum Gasteiger partial charge on any atom is -0.211 e. The second-order valence-corrected chi connectivity index (χ2v) is 3.20. The van der Waals surface area contributed by atoms with Crippen LogP contribution in [0.4, 0.5) is 0 Å². The van der Waals surface area contributed by atoms with E-state index in [2.05, 4.69) is 0 Å². The molecular formula is C4H5N3O2S. The summed E-state index contributed by atoms with van der Waals surface area (Å²) in [5.41, 5.74) is 0. The molecule has 0 saturated carbocycles. The summed E-state index contributed by atoms with van der Waals surface area (Å²) in [4.78, 5) is 0. The molecule has 0 aromatic heterocycles. The van der Waals surface area contributed by atoms with Crippen LogP contribution in [0, 0.1) is 22.7 Å². The van der Waals surface area contributed by atoms with Gasteiger partial charge in [0.15, 0.2) is 5.75 Å². The first-order chi connectivity index (χ1) is 4.62. The third kappa shape index (κ3) is 3.84. The van der Waals surface area contributed by atoms with E-state index in [4.69, 9.17) is 10.5 Å². The minimum absolute atomic E-state index is 0.288. The monoisotopic (exact) mass is 159 g/mol. The predicted molar refractivity (Wildman–Crippen MR) is 33.0 cm³/mol. The van der Waals surface area contributed by atoms with E-state index in [0.29, 0.717) is 0 Å². The van der Waals surface area contributed by atoms with Crippen molar-refractivity contribution in [2.45, 2.75) is 0 Å². The van der Waals surface area contributed by atoms with Crippen LogP contribution in [-0.4, -0.2) is 20.7 Å². The molecule has 0 saturated heterocycles. The molecule has 0 aromatic carbocycles. The van der Waals surface area contributed by atoms with Crippen LogP contribution >= 0.6 is 0 Å². The van der Waals surface area contributed by atoms with Crippen molar-refractivity contribution in [1.29, 1.82) is 10.5 Å². The van der Waals surface area contributed by atoms with Crippen molar-refractivity contribution in [1.82, 2.24) is 4.72 Å². The van der Waals surface area contributed by atoms with E-state index < -0.39 is 15.8 Å². The van der Waals surface area contributed by atoms with Gasteiger partial charge in [-0.3, -0.25) is 0 Å². The van der Waals surface area contributed by atoms with Gasteiger partial charge in [-0.1, -0.05) is 0 Å². The maximum Gasteiger partial charge on any atom is 0.226 e. The van der Waals surface area contributed by atoms with Crippen LogP contribution in [0.2, 0.25) is 0 Å². The minimum atomic E-state index is -3.53. The van der Waals surface area contributed by atoms with Crippen LogP contribution in [0.15, 0.2) is 0 Å². The van der Waals surface area contributed by atoms with Crippen LogP contribution in [0.25, 0.3) is 0 Å². The molecule has 0 unspecified atom stereocenters. The first-order valence-corrected chi connectivity index (χ1v) is 3.99. The number of hydrogen-bond donors (Lipinski definition) is 1. The van der Waals surface area contributed by atoms with E-state index in [1.807, 2.05) is 4.72 Å². The molecule has 0 rings (SSSR count). The lowest BCUT2D eigenvalue weighted by Gasteiger charge is -1.94. The molecule has 0 aliphatic carbocycles. The van der Waals surface area contributed by atoms with Crippen LogP contribution in [0.3, 0.4) is 0 Å². The fourth-order valence-electron chi connectivity index (χ4n) is 0.278. The van der Waals surface area contributed by atoms with Crippen molar-refractivity contribution in [2.75, 3.05) is 12.3 Å². The summed E-state index contributed by atoms with van der Waals surface area (Å²) in [6.07, 6.45) is 0. The number of sulfonamides is 1. The van der Waals surface area contributed by atoms with E-state index in [0.717, 1.165) is 0 Å². The molecule has 0 bridgehead atoms. The van der Waals surface area contributed by atoms with Crippen molar-refractivity contribution < 1.29 is 8.42 Å². The first kappa shape index (κ1) is 8.89. The van der Waals surface area contributed by atoms with Gasteiger partial charge in [-0.2, -0.15) is 10.5 Å². The van der Waals surface area contributed by atoms with Gasteiger partial charge in [0.05, 0.1) is 18.7 Å². The topological polar surface area (TPSA) is 93.8 Å². The van der Waals surface area contributed by atoms with Crippen molar-refractivity contribution in [3.63, 3.8) is 0 Å². The molecule has 0 atom stereocenters. The van der Waals surface area contributed by atoms with Crippen LogP contribution in [0.1, 0.15) is 0 Å². The summed E-state index contributed by atoms with van der Waals surface area (Å²) >= 11 is 0. The Morgan fingerprint density at radius 3 is 2.30 bits per heavy atom. The summed E-state index contributed by atoms with van der Waals surface area (Å²) in [6.45, 7) is -0.288. The van der Waals surface area contributed by atoms with E-state index >= 15 is 0 Å². The zero-order valence-corrected chi connectivity index (χ0v) is 5.85. The standard InChI is InChI=1S/C4H5N3O2S/c5-1-3-7-10(8,9)4-2-6/h7H,3-4H2. The Labute approximate surface area is 58.9 Å². The summed E-state index contributed by atoms with van der Waals surface area (Å²) in [5.74, 6) is -0.602. The average molecular weight is 159 g/mol. The van der Waals surface area contributed by atoms with Gasteiger partial charge in [0.25, 0.3) is 0 Å². The fraction of sp³-hybridized carbons (Fsp3) is 0.500. The summed E-state index contributed by atoms with van der Waals surface area (Å²) in [7, 11) is -3.53. The molecule has 0 spiro atoms. The number of hydrogen-bond acceptors (Lipinski definition) is 4. The van der Waals surface area contributed by atoms with Gasteiger partial charge < -0.3 is 0 Å². The molecule has 0 heterocycles. The van der Waals surface area contributed by atoms with Gasteiger partial charge in [-0.05, 0) is 0 Å². The Hall–Kier alpha value is -1.11. The van der Waals surface area contributed by atoms with Gasteiger partial charge in [0, 0.05) is 0 Å². The fourth-order valence-corrected chi connectivity index (χ4v) is 0.835. The quantitative estimate of drug-likeness (QED) is 0.532. The third-order valence-electron chi connectivity index (χ3n) is 0.626. The Kier molecular flexibility index (Phi) is 3.40. The third-order valence-corrected chi connectivity index (χ3v) is 1.72. The molecule has 0 fully saturated rings. The largest absolute Gasteiger partial charge is 0.226 e. The second-order valence-electron chi connectivity index (χ2n) is 1.40. The number of rotatable bonds is 3. The number of nitriles is 2. The zero-order chi connectivity index (χ0) is 8.04. The highest BCUT2D eigenvalue weighted by Crippen LogP contribution is 1.78. The maximum absolute atomic E-state index is 10.5. The highest BCUT2D eigenvalue weighted by molar-refractivity contribution is 7.89. The SMILES string of the molecule is N#CCNS(=O)(=O)CC#N. The number of nitrogens with zero attached hydrogens (tertiary/aromatic N) is 2. The molecule has 0 aliphatic heterocycles. The molecule has 10 heavy (non-hydrogen) atoms. The van der Waals surface area contributed by atoms with E-state index in [1.165, 1.54) is 6.07 Å². The normalized spacial score (nSPS) is 9.80. The van der Waals surface area contributed by atoms with Crippen LogP contribution < -0.4 is 4.72 Å². The molecule has 54 valence electrons. The lowest BCUT2D eigenvalue weighted by atomic mass is 10.8. The Morgan fingerprint density at radius 2 is 1.90 bits per heavy atom. The molecular weight excluding hydrogens is 154 g/mol. The van der Waals surface area contributed by atoms with Gasteiger partial charge >= 0.3 is 0 Å². The van der Waals surface area contributed by atoms with E-state index in [-0.39, 0.29) is 6.54 Å². The predicted octanol–water partition coefficient (Wildman–Crippen LogP) is -1.05. The zero-order valence-electron chi connectivity index (χ0n) is 5.03. The van der Waals surface area contributed by atoms with E-state index in [9.17, 15) is 8.42 Å². The number of nitrogens with one attached hydrogen (secondary N) is 1. The maximum atomic E-state index is 10.5. The Bertz CT molecular complexity index is 268. The first-order valence-electron chi connectivity index (χ1n) is 2.33. The molecule has 0 amide bonds. The summed E-state index contributed by atoms with van der Waals surface area (Å²) in [6, 6.07) is 3.04. The Balaban J connectivity index is 3.95. The highest BCUT2D eigenvalue weighted by atomic mass is 32.2. The lowest BCUT2D eigenvalue weighted by molar-refractivity contribution is 0.589. The molecule has 6 heteroatoms. The smallest absolute Gasteiger partial charge is 0.211 e. The van der Waals surface area contributed by atoms with E-state index in [1.54, 1.807) is 6.07 Å². The summed E-state index contributed by atoms with van der Waals surface area (Å²) in [5, 5.41) is 15.9. The van der Waals surface area contributed by atoms with Crippen molar-refractivity contribution in [3.8, 4) is 12.1 Å². The molecule has 1 N–H and O–H groups in total. The molecule has 5 nitrogen and oxygen atoms in total. The average Bonchev–Trinajstić information content (AvgIpc) is 1.84. The van der Waals surface area contributed by atoms with Crippen molar-refractivity contribution >= 4 is 10.0 Å². The van der Waals surface area contributed by atoms with Gasteiger partial charge in [0.2, 0.25) is 10.0 Å². The molecule has 0 aromatic rings. The van der Waals surface area contributed by atoms with Crippen LogP contribution in [0.5, 0.6) is 0 Å². The molecule has 0 radical (unpaired) electrons. The van der Waals surface area contributed by atoms with Gasteiger partial charge in [-0.25, -0.2) is 13.1 Å².